The fraction of sp³-hybridized carbons (Fsp3) is 0.875. The fourth-order valence-corrected chi connectivity index (χ4v) is 3.88. The summed E-state index contributed by atoms with van der Waals surface area (Å²) in [6, 6.07) is 0.556. The quantitative estimate of drug-likeness (QED) is 0.788. The third-order valence-corrected chi connectivity index (χ3v) is 5.02. The van der Waals surface area contributed by atoms with Gasteiger partial charge < -0.3 is 14.9 Å². The maximum absolute atomic E-state index is 12.7. The van der Waals surface area contributed by atoms with E-state index in [9.17, 15) is 14.7 Å². The molecule has 2 aliphatic heterocycles. The fourth-order valence-electron chi connectivity index (χ4n) is 3.88. The van der Waals surface area contributed by atoms with E-state index in [1.165, 1.54) is 6.42 Å². The summed E-state index contributed by atoms with van der Waals surface area (Å²) >= 11 is 0. The van der Waals surface area contributed by atoms with Gasteiger partial charge in [-0.1, -0.05) is 20.8 Å². The number of carboxylic acids is 1. The maximum atomic E-state index is 12.7. The average molecular weight is 296 g/mol. The van der Waals surface area contributed by atoms with Crippen LogP contribution in [0.1, 0.15) is 40.0 Å². The van der Waals surface area contributed by atoms with Gasteiger partial charge in [0.2, 0.25) is 5.91 Å². The van der Waals surface area contributed by atoms with Crippen LogP contribution in [0.25, 0.3) is 0 Å². The number of carbonyl (C=O) groups is 2. The van der Waals surface area contributed by atoms with Gasteiger partial charge in [-0.25, -0.2) is 0 Å². The molecule has 0 aromatic rings. The van der Waals surface area contributed by atoms with Crippen molar-refractivity contribution in [1.29, 1.82) is 0 Å². The summed E-state index contributed by atoms with van der Waals surface area (Å²) in [6.45, 7) is 8.01. The van der Waals surface area contributed by atoms with Crippen LogP contribution < -0.4 is 0 Å². The number of hydrogen-bond acceptors (Lipinski definition) is 3. The Morgan fingerprint density at radius 2 is 1.86 bits per heavy atom. The molecule has 5 heteroatoms. The van der Waals surface area contributed by atoms with Gasteiger partial charge >= 0.3 is 5.97 Å². The Morgan fingerprint density at radius 3 is 2.43 bits per heavy atom. The molecule has 3 unspecified atom stereocenters. The van der Waals surface area contributed by atoms with Crippen molar-refractivity contribution in [3.05, 3.63) is 0 Å². The summed E-state index contributed by atoms with van der Waals surface area (Å²) in [5.74, 6) is -1.66. The number of carbonyl (C=O) groups excluding carboxylic acids is 1. The highest BCUT2D eigenvalue weighted by Gasteiger charge is 2.43. The largest absolute Gasteiger partial charge is 0.481 e. The maximum Gasteiger partial charge on any atom is 0.316 e. The predicted octanol–water partition coefficient (Wildman–Crippen LogP) is 1.68. The summed E-state index contributed by atoms with van der Waals surface area (Å²) in [5, 5.41) is 9.43. The van der Waals surface area contributed by atoms with Crippen LogP contribution in [0.4, 0.5) is 0 Å². The monoisotopic (exact) mass is 296 g/mol. The van der Waals surface area contributed by atoms with Gasteiger partial charge in [0.25, 0.3) is 0 Å². The molecular formula is C16H28N2O3. The van der Waals surface area contributed by atoms with Crippen LogP contribution in [0.5, 0.6) is 0 Å². The van der Waals surface area contributed by atoms with Crippen molar-refractivity contribution < 1.29 is 14.7 Å². The number of hydrogen-bond donors (Lipinski definition) is 1. The molecule has 0 bridgehead atoms. The van der Waals surface area contributed by atoms with E-state index in [1.807, 2.05) is 20.8 Å². The molecule has 2 aliphatic rings. The van der Waals surface area contributed by atoms with Crippen molar-refractivity contribution in [2.24, 2.45) is 17.3 Å². The van der Waals surface area contributed by atoms with Crippen LogP contribution in [-0.4, -0.2) is 59.5 Å². The van der Waals surface area contributed by atoms with Crippen molar-refractivity contribution in [2.75, 3.05) is 26.7 Å². The first-order valence-electron chi connectivity index (χ1n) is 7.93. The number of carboxylic acid groups (broad SMARTS) is 1. The minimum Gasteiger partial charge on any atom is -0.481 e. The lowest BCUT2D eigenvalue weighted by atomic mass is 9.78. The van der Waals surface area contributed by atoms with Gasteiger partial charge in [0.05, 0.1) is 0 Å². The Morgan fingerprint density at radius 1 is 1.19 bits per heavy atom. The van der Waals surface area contributed by atoms with Crippen LogP contribution in [0.3, 0.4) is 0 Å². The summed E-state index contributed by atoms with van der Waals surface area (Å²) in [5.41, 5.74) is -0.552. The highest BCUT2D eigenvalue weighted by Crippen LogP contribution is 2.33. The van der Waals surface area contributed by atoms with Gasteiger partial charge in [-0.15, -0.1) is 0 Å². The highest BCUT2D eigenvalue weighted by molar-refractivity contribution is 5.97. The van der Waals surface area contributed by atoms with Crippen molar-refractivity contribution in [3.8, 4) is 0 Å². The first kappa shape index (κ1) is 16.3. The standard InChI is InChI=1S/C16H28N2O3/c1-16(2,3)13(15(20)21)14(19)18-9-7-12-11(10-18)6-5-8-17(12)4/h11-13H,5-10H2,1-4H3,(H,20,21). The predicted molar refractivity (Wildman–Crippen MR) is 80.9 cm³/mol. The van der Waals surface area contributed by atoms with E-state index in [4.69, 9.17) is 0 Å². The third kappa shape index (κ3) is 3.39. The number of aliphatic carboxylic acids is 1. The SMILES string of the molecule is CN1CCCC2CN(C(=O)C(C(=O)O)C(C)(C)C)CCC21. The first-order chi connectivity index (χ1) is 9.71. The molecule has 2 heterocycles. The number of piperidine rings is 2. The Bertz CT molecular complexity index is 416. The molecule has 2 fully saturated rings. The van der Waals surface area contributed by atoms with Gasteiger partial charge in [-0.2, -0.15) is 0 Å². The number of rotatable bonds is 2. The van der Waals surface area contributed by atoms with Crippen LogP contribution in [-0.2, 0) is 9.59 Å². The zero-order valence-electron chi connectivity index (χ0n) is 13.6. The zero-order valence-corrected chi connectivity index (χ0v) is 13.6. The van der Waals surface area contributed by atoms with Gasteiger partial charge in [0.1, 0.15) is 5.92 Å². The van der Waals surface area contributed by atoms with Crippen LogP contribution >= 0.6 is 0 Å². The average Bonchev–Trinajstić information content (AvgIpc) is 2.36. The van der Waals surface area contributed by atoms with Crippen molar-refractivity contribution in [3.63, 3.8) is 0 Å². The molecular weight excluding hydrogens is 268 g/mol. The van der Waals surface area contributed by atoms with Crippen molar-refractivity contribution in [2.45, 2.75) is 46.1 Å². The smallest absolute Gasteiger partial charge is 0.316 e. The van der Waals surface area contributed by atoms with E-state index in [1.54, 1.807) is 4.90 Å². The highest BCUT2D eigenvalue weighted by atomic mass is 16.4. The molecule has 3 atom stereocenters. The van der Waals surface area contributed by atoms with Crippen LogP contribution in [0.2, 0.25) is 0 Å². The molecule has 2 rings (SSSR count). The Labute approximate surface area is 127 Å². The van der Waals surface area contributed by atoms with Crippen molar-refractivity contribution >= 4 is 11.9 Å². The van der Waals surface area contributed by atoms with E-state index in [2.05, 4.69) is 11.9 Å². The lowest BCUT2D eigenvalue weighted by Gasteiger charge is -2.46. The van der Waals surface area contributed by atoms with E-state index < -0.39 is 17.3 Å². The van der Waals surface area contributed by atoms with Gasteiger partial charge in [0, 0.05) is 19.1 Å². The molecule has 21 heavy (non-hydrogen) atoms. The second-order valence-corrected chi connectivity index (χ2v) is 7.66. The Balaban J connectivity index is 2.08. The Hall–Kier alpha value is -1.10. The minimum absolute atomic E-state index is 0.207. The minimum atomic E-state index is -1.00. The molecule has 0 spiro atoms. The van der Waals surface area contributed by atoms with E-state index in [0.717, 1.165) is 19.4 Å². The normalized spacial score (nSPS) is 28.9. The molecule has 120 valence electrons. The van der Waals surface area contributed by atoms with Gasteiger partial charge in [-0.05, 0) is 44.2 Å². The summed E-state index contributed by atoms with van der Waals surface area (Å²) in [4.78, 5) is 28.4. The lowest BCUT2D eigenvalue weighted by Crippen LogP contribution is -2.56. The van der Waals surface area contributed by atoms with Gasteiger partial charge in [0.15, 0.2) is 0 Å². The molecule has 0 aromatic heterocycles. The summed E-state index contributed by atoms with van der Waals surface area (Å²) in [7, 11) is 2.16. The van der Waals surface area contributed by atoms with Crippen molar-refractivity contribution in [1.82, 2.24) is 9.80 Å². The molecule has 0 radical (unpaired) electrons. The molecule has 0 aliphatic carbocycles. The first-order valence-corrected chi connectivity index (χ1v) is 7.93. The number of likely N-dealkylation sites (tertiary alicyclic amines) is 2. The number of nitrogens with zero attached hydrogens (tertiary/aromatic N) is 2. The third-order valence-electron chi connectivity index (χ3n) is 5.02. The molecule has 1 amide bonds. The summed E-state index contributed by atoms with van der Waals surface area (Å²) in [6.07, 6.45) is 3.27. The van der Waals surface area contributed by atoms with Crippen LogP contribution in [0, 0.1) is 17.3 Å². The zero-order chi connectivity index (χ0) is 15.8. The van der Waals surface area contributed by atoms with Crippen LogP contribution in [0.15, 0.2) is 0 Å². The summed E-state index contributed by atoms with van der Waals surface area (Å²) < 4.78 is 0. The Kier molecular flexibility index (Phi) is 4.61. The number of fused-ring (bicyclic) bond motifs is 1. The molecule has 0 aromatic carbocycles. The van der Waals surface area contributed by atoms with E-state index in [-0.39, 0.29) is 5.91 Å². The molecule has 2 saturated heterocycles. The van der Waals surface area contributed by atoms with E-state index in [0.29, 0.717) is 25.0 Å². The van der Waals surface area contributed by atoms with Gasteiger partial charge in [-0.3, -0.25) is 9.59 Å². The second kappa shape index (κ2) is 5.95. The lowest BCUT2D eigenvalue weighted by molar-refractivity contribution is -0.157. The second-order valence-electron chi connectivity index (χ2n) is 7.66. The molecule has 1 N–H and O–H groups in total. The molecule has 5 nitrogen and oxygen atoms in total. The number of amides is 1. The van der Waals surface area contributed by atoms with E-state index >= 15 is 0 Å². The molecule has 0 saturated carbocycles. The topological polar surface area (TPSA) is 60.9 Å².